The number of halogens is 1. The molecular weight excluding hydrogens is 437 g/mol. The maximum absolute atomic E-state index is 14.5. The third kappa shape index (κ3) is 4.01. The molecule has 4 heterocycles. The SMILES string of the molecule is COc1cnc2c(C(=O)Nc3cc(F)c4nc(C)cn4c3)ccc(N3C[C@@H](C)N[C@@H](C)C3)c2n1. The number of imidazole rings is 1. The fraction of sp³-hybridized carbons (Fsp3) is 0.333. The van der Waals surface area contributed by atoms with Crippen LogP contribution in [0.4, 0.5) is 15.8 Å². The van der Waals surface area contributed by atoms with Gasteiger partial charge in [-0.3, -0.25) is 4.79 Å². The lowest BCUT2D eigenvalue weighted by Gasteiger charge is -2.38. The van der Waals surface area contributed by atoms with E-state index >= 15 is 0 Å². The predicted molar refractivity (Wildman–Crippen MR) is 128 cm³/mol. The molecule has 3 aromatic heterocycles. The second-order valence-corrected chi connectivity index (χ2v) is 8.76. The number of nitrogens with zero attached hydrogens (tertiary/aromatic N) is 5. The number of aromatic nitrogens is 4. The number of amides is 1. The summed E-state index contributed by atoms with van der Waals surface area (Å²) < 4.78 is 21.3. The first kappa shape index (κ1) is 22.0. The highest BCUT2D eigenvalue weighted by atomic mass is 19.1. The van der Waals surface area contributed by atoms with Gasteiger partial charge in [0.2, 0.25) is 5.88 Å². The van der Waals surface area contributed by atoms with Crippen LogP contribution in [0.3, 0.4) is 0 Å². The summed E-state index contributed by atoms with van der Waals surface area (Å²) in [6.07, 6.45) is 4.82. The Labute approximate surface area is 196 Å². The van der Waals surface area contributed by atoms with Crippen LogP contribution in [0.15, 0.2) is 36.8 Å². The molecule has 1 aliphatic rings. The number of piperazine rings is 1. The van der Waals surface area contributed by atoms with E-state index in [1.807, 2.05) is 6.07 Å². The molecule has 1 aliphatic heterocycles. The summed E-state index contributed by atoms with van der Waals surface area (Å²) in [7, 11) is 1.53. The number of carbonyl (C=O) groups excluding carboxylic acids is 1. The van der Waals surface area contributed by atoms with Gasteiger partial charge in [0.15, 0.2) is 11.5 Å². The highest BCUT2D eigenvalue weighted by molar-refractivity contribution is 6.13. The van der Waals surface area contributed by atoms with Gasteiger partial charge in [0.1, 0.15) is 11.0 Å². The van der Waals surface area contributed by atoms with Crippen molar-refractivity contribution >= 4 is 34.0 Å². The highest BCUT2D eigenvalue weighted by Crippen LogP contribution is 2.30. The summed E-state index contributed by atoms with van der Waals surface area (Å²) in [4.78, 5) is 28.8. The smallest absolute Gasteiger partial charge is 0.257 e. The number of benzene rings is 1. The topological polar surface area (TPSA) is 96.7 Å². The Morgan fingerprint density at radius 1 is 1.18 bits per heavy atom. The molecule has 0 spiro atoms. The minimum absolute atomic E-state index is 0.211. The van der Waals surface area contributed by atoms with E-state index in [0.717, 1.165) is 18.8 Å². The molecule has 0 bridgehead atoms. The van der Waals surface area contributed by atoms with Crippen LogP contribution in [-0.2, 0) is 0 Å². The van der Waals surface area contributed by atoms with Gasteiger partial charge in [0, 0.05) is 43.6 Å². The Morgan fingerprint density at radius 3 is 2.68 bits per heavy atom. The average molecular weight is 464 g/mol. The zero-order valence-electron chi connectivity index (χ0n) is 19.5. The van der Waals surface area contributed by atoms with E-state index in [1.54, 1.807) is 29.8 Å². The lowest BCUT2D eigenvalue weighted by molar-refractivity contribution is 0.102. The molecule has 0 saturated carbocycles. The molecule has 10 heteroatoms. The largest absolute Gasteiger partial charge is 0.480 e. The third-order valence-electron chi connectivity index (χ3n) is 5.89. The van der Waals surface area contributed by atoms with Crippen molar-refractivity contribution < 1.29 is 13.9 Å². The molecule has 1 amide bonds. The van der Waals surface area contributed by atoms with Crippen molar-refractivity contribution in [3.05, 3.63) is 53.9 Å². The number of carbonyl (C=O) groups is 1. The molecule has 0 unspecified atom stereocenters. The fourth-order valence-corrected chi connectivity index (χ4v) is 4.58. The van der Waals surface area contributed by atoms with Gasteiger partial charge in [-0.25, -0.2) is 19.3 Å². The van der Waals surface area contributed by atoms with Crippen LogP contribution in [-0.4, -0.2) is 57.5 Å². The monoisotopic (exact) mass is 463 g/mol. The second-order valence-electron chi connectivity index (χ2n) is 8.76. The molecule has 1 fully saturated rings. The van der Waals surface area contributed by atoms with Gasteiger partial charge in [-0.2, -0.15) is 0 Å². The van der Waals surface area contributed by atoms with Crippen LogP contribution >= 0.6 is 0 Å². The van der Waals surface area contributed by atoms with Crippen molar-refractivity contribution in [3.8, 4) is 5.88 Å². The normalized spacial score (nSPS) is 18.4. The summed E-state index contributed by atoms with van der Waals surface area (Å²) in [5.74, 6) is -0.559. The molecule has 0 radical (unpaired) electrons. The van der Waals surface area contributed by atoms with E-state index in [1.165, 1.54) is 19.4 Å². The van der Waals surface area contributed by atoms with Crippen molar-refractivity contribution in [2.24, 2.45) is 0 Å². The molecular formula is C24H26FN7O2. The lowest BCUT2D eigenvalue weighted by atomic mass is 10.1. The number of rotatable bonds is 4. The second kappa shape index (κ2) is 8.53. The maximum atomic E-state index is 14.5. The number of pyridine rings is 1. The van der Waals surface area contributed by atoms with Gasteiger partial charge in [0.25, 0.3) is 5.91 Å². The van der Waals surface area contributed by atoms with Crippen LogP contribution in [0.25, 0.3) is 16.7 Å². The molecule has 1 saturated heterocycles. The van der Waals surface area contributed by atoms with Crippen LogP contribution in [0.1, 0.15) is 29.9 Å². The highest BCUT2D eigenvalue weighted by Gasteiger charge is 2.25. The van der Waals surface area contributed by atoms with Crippen molar-refractivity contribution in [3.63, 3.8) is 0 Å². The number of anilines is 2. The van der Waals surface area contributed by atoms with Crippen LogP contribution in [0.5, 0.6) is 5.88 Å². The van der Waals surface area contributed by atoms with Gasteiger partial charge in [0.05, 0.1) is 35.9 Å². The number of ether oxygens (including phenoxy) is 1. The maximum Gasteiger partial charge on any atom is 0.257 e. The predicted octanol–water partition coefficient (Wildman–Crippen LogP) is 3.17. The van der Waals surface area contributed by atoms with Gasteiger partial charge in [-0.1, -0.05) is 0 Å². The molecule has 5 rings (SSSR count). The van der Waals surface area contributed by atoms with Crippen molar-refractivity contribution in [2.75, 3.05) is 30.4 Å². The Morgan fingerprint density at radius 2 is 1.94 bits per heavy atom. The Bertz CT molecular complexity index is 1390. The Hall–Kier alpha value is -3.79. The molecule has 176 valence electrons. The standard InChI is InChI=1S/C24H26FN7O2/c1-13-9-31(10-14(2)27-13)19-6-5-17(21-22(19)30-20(34-4)8-26-21)24(33)29-16-7-18(25)23-28-15(3)11-32(23)12-16/h5-8,11-14,27H,9-10H2,1-4H3,(H,29,33)/t13-,14+. The molecule has 2 atom stereocenters. The first-order chi connectivity index (χ1) is 16.3. The van der Waals surface area contributed by atoms with E-state index in [0.29, 0.717) is 45.9 Å². The van der Waals surface area contributed by atoms with E-state index in [4.69, 9.17) is 4.74 Å². The fourth-order valence-electron chi connectivity index (χ4n) is 4.58. The van der Waals surface area contributed by atoms with E-state index in [9.17, 15) is 9.18 Å². The molecule has 1 aromatic carbocycles. The zero-order valence-corrected chi connectivity index (χ0v) is 19.5. The average Bonchev–Trinajstić information content (AvgIpc) is 3.18. The third-order valence-corrected chi connectivity index (χ3v) is 5.89. The quantitative estimate of drug-likeness (QED) is 0.480. The van der Waals surface area contributed by atoms with Gasteiger partial charge in [-0.15, -0.1) is 0 Å². The number of methoxy groups -OCH3 is 1. The van der Waals surface area contributed by atoms with Gasteiger partial charge >= 0.3 is 0 Å². The zero-order chi connectivity index (χ0) is 24.0. The first-order valence-corrected chi connectivity index (χ1v) is 11.1. The van der Waals surface area contributed by atoms with Crippen LogP contribution < -0.4 is 20.3 Å². The molecule has 34 heavy (non-hydrogen) atoms. The summed E-state index contributed by atoms with van der Waals surface area (Å²) in [6, 6.07) is 5.49. The van der Waals surface area contributed by atoms with Gasteiger partial charge in [-0.05, 0) is 32.9 Å². The minimum atomic E-state index is -0.516. The van der Waals surface area contributed by atoms with Gasteiger partial charge < -0.3 is 24.7 Å². The van der Waals surface area contributed by atoms with Crippen molar-refractivity contribution in [1.29, 1.82) is 0 Å². The number of fused-ring (bicyclic) bond motifs is 2. The number of nitrogens with one attached hydrogen (secondary N) is 2. The number of hydrogen-bond acceptors (Lipinski definition) is 7. The van der Waals surface area contributed by atoms with E-state index in [2.05, 4.69) is 44.3 Å². The van der Waals surface area contributed by atoms with E-state index < -0.39 is 11.7 Å². The number of aryl methyl sites for hydroxylation is 1. The lowest BCUT2D eigenvalue weighted by Crippen LogP contribution is -2.54. The summed E-state index contributed by atoms with van der Waals surface area (Å²) in [5, 5.41) is 6.31. The van der Waals surface area contributed by atoms with E-state index in [-0.39, 0.29) is 5.65 Å². The Balaban J connectivity index is 1.54. The molecule has 2 N–H and O–H groups in total. The van der Waals surface area contributed by atoms with Crippen LogP contribution in [0, 0.1) is 12.7 Å². The summed E-state index contributed by atoms with van der Waals surface area (Å²) in [6.45, 7) is 7.65. The molecule has 4 aromatic rings. The minimum Gasteiger partial charge on any atom is -0.480 e. The molecule has 0 aliphatic carbocycles. The van der Waals surface area contributed by atoms with Crippen molar-refractivity contribution in [1.82, 2.24) is 24.7 Å². The summed E-state index contributed by atoms with van der Waals surface area (Å²) in [5.41, 5.74) is 3.48. The van der Waals surface area contributed by atoms with Crippen molar-refractivity contribution in [2.45, 2.75) is 32.9 Å². The summed E-state index contributed by atoms with van der Waals surface area (Å²) >= 11 is 0. The van der Waals surface area contributed by atoms with Crippen LogP contribution in [0.2, 0.25) is 0 Å². The molecule has 9 nitrogen and oxygen atoms in total. The Kier molecular flexibility index (Phi) is 5.52. The first-order valence-electron chi connectivity index (χ1n) is 11.1. The number of hydrogen-bond donors (Lipinski definition) is 2.